The molecule has 1 saturated carbocycles. The van der Waals surface area contributed by atoms with Crippen LogP contribution in [-0.2, 0) is 30.7 Å². The summed E-state index contributed by atoms with van der Waals surface area (Å²) in [6, 6.07) is 11.1. The second kappa shape index (κ2) is 15.7. The molecule has 1 aliphatic heterocycles. The SMILES string of the molecule is CC[C@@H](NCc1nc2c(c(N[C@@H](CN3CCC(O)CC3)c3cnn(CC)c3)n1)C[C@H](c1ccccc1)CC2)C1CCC(C(=O)O)CC1. The Bertz CT molecular complexity index is 1450. The molecule has 0 amide bonds. The number of benzene rings is 1. The second-order valence-electron chi connectivity index (χ2n) is 14.0. The second-order valence-corrected chi connectivity index (χ2v) is 14.0. The van der Waals surface area contributed by atoms with Gasteiger partial charge in [0.2, 0.25) is 0 Å². The van der Waals surface area contributed by atoms with Gasteiger partial charge in [-0.3, -0.25) is 9.48 Å². The lowest BCUT2D eigenvalue weighted by molar-refractivity contribution is -0.143. The number of fused-ring (bicyclic) bond motifs is 1. The van der Waals surface area contributed by atoms with Crippen molar-refractivity contribution in [3.63, 3.8) is 0 Å². The molecule has 3 aromatic rings. The van der Waals surface area contributed by atoms with E-state index in [0.717, 1.165) is 113 Å². The van der Waals surface area contributed by atoms with Gasteiger partial charge in [-0.1, -0.05) is 37.3 Å². The normalized spacial score (nSPS) is 23.6. The first-order valence-electron chi connectivity index (χ1n) is 18.0. The van der Waals surface area contributed by atoms with Crippen molar-refractivity contribution in [2.45, 2.75) is 115 Å². The van der Waals surface area contributed by atoms with E-state index in [-0.39, 0.29) is 18.1 Å². The van der Waals surface area contributed by atoms with Crippen LogP contribution in [0.15, 0.2) is 42.7 Å². The summed E-state index contributed by atoms with van der Waals surface area (Å²) in [6.07, 6.45) is 12.8. The number of rotatable bonds is 13. The third-order valence-electron chi connectivity index (χ3n) is 10.9. The number of carboxylic acid groups (broad SMARTS) is 1. The van der Waals surface area contributed by atoms with Crippen molar-refractivity contribution < 1.29 is 15.0 Å². The van der Waals surface area contributed by atoms with Gasteiger partial charge in [0.15, 0.2) is 0 Å². The van der Waals surface area contributed by atoms with Gasteiger partial charge in [-0.2, -0.15) is 5.10 Å². The summed E-state index contributed by atoms with van der Waals surface area (Å²) in [5.41, 5.74) is 4.87. The third-order valence-corrected chi connectivity index (χ3v) is 10.9. The first-order valence-corrected chi connectivity index (χ1v) is 18.0. The van der Waals surface area contributed by atoms with Gasteiger partial charge in [-0.25, -0.2) is 9.97 Å². The van der Waals surface area contributed by atoms with Crippen molar-refractivity contribution in [2.75, 3.05) is 25.0 Å². The van der Waals surface area contributed by atoms with Crippen LogP contribution < -0.4 is 10.6 Å². The zero-order chi connectivity index (χ0) is 32.8. The van der Waals surface area contributed by atoms with Gasteiger partial charge in [0.25, 0.3) is 0 Å². The van der Waals surface area contributed by atoms with E-state index < -0.39 is 5.97 Å². The molecule has 3 heterocycles. The van der Waals surface area contributed by atoms with Crippen LogP contribution in [0, 0.1) is 11.8 Å². The summed E-state index contributed by atoms with van der Waals surface area (Å²) in [7, 11) is 0. The Hall–Kier alpha value is -3.34. The van der Waals surface area contributed by atoms with Gasteiger partial charge < -0.3 is 25.7 Å². The van der Waals surface area contributed by atoms with Crippen molar-refractivity contribution in [2.24, 2.45) is 11.8 Å². The molecule has 47 heavy (non-hydrogen) atoms. The molecule has 2 fully saturated rings. The molecule has 3 aliphatic rings. The third kappa shape index (κ3) is 8.39. The van der Waals surface area contributed by atoms with E-state index in [4.69, 9.17) is 9.97 Å². The number of nitrogens with one attached hydrogen (secondary N) is 2. The molecule has 2 aromatic heterocycles. The van der Waals surface area contributed by atoms with Crippen LogP contribution >= 0.6 is 0 Å². The Morgan fingerprint density at radius 3 is 2.47 bits per heavy atom. The molecule has 2 aliphatic carbocycles. The first-order chi connectivity index (χ1) is 22.9. The Kier molecular flexibility index (Phi) is 11.2. The summed E-state index contributed by atoms with van der Waals surface area (Å²) in [5, 5.41) is 32.0. The summed E-state index contributed by atoms with van der Waals surface area (Å²) in [4.78, 5) is 24.4. The molecule has 3 atom stereocenters. The number of hydrogen-bond acceptors (Lipinski definition) is 8. The highest BCUT2D eigenvalue weighted by molar-refractivity contribution is 5.70. The van der Waals surface area contributed by atoms with Gasteiger partial charge >= 0.3 is 5.97 Å². The van der Waals surface area contributed by atoms with E-state index in [1.165, 1.54) is 11.1 Å². The van der Waals surface area contributed by atoms with E-state index in [1.807, 2.05) is 10.9 Å². The van der Waals surface area contributed by atoms with E-state index >= 15 is 0 Å². The smallest absolute Gasteiger partial charge is 0.306 e. The largest absolute Gasteiger partial charge is 0.481 e. The number of aliphatic hydroxyl groups is 1. The summed E-state index contributed by atoms with van der Waals surface area (Å²) in [5.74, 6) is 1.78. The van der Waals surface area contributed by atoms with Crippen molar-refractivity contribution in [3.8, 4) is 0 Å². The zero-order valence-corrected chi connectivity index (χ0v) is 28.2. The molecule has 0 bridgehead atoms. The topological polar surface area (TPSA) is 128 Å². The van der Waals surface area contributed by atoms with Gasteiger partial charge in [-0.15, -0.1) is 0 Å². The van der Waals surface area contributed by atoms with Gasteiger partial charge in [0.1, 0.15) is 11.6 Å². The van der Waals surface area contributed by atoms with Crippen LogP contribution in [0.1, 0.15) is 105 Å². The van der Waals surface area contributed by atoms with Crippen LogP contribution in [0.3, 0.4) is 0 Å². The predicted molar refractivity (Wildman–Crippen MR) is 183 cm³/mol. The molecule has 0 spiro atoms. The standard InChI is InChI=1S/C37H53N7O3/c1-3-32(26-10-12-27(13-11-26)37(46)47)38-22-35-40-33-15-14-28(25-8-6-5-7-9-25)20-31(33)36(42-35)41-34(29-21-39-44(4-2)23-29)24-43-18-16-30(45)17-19-43/h5-9,21,23,26-28,30,32,34,38,45H,3-4,10-20,22,24H2,1-2H3,(H,46,47)(H,40,41,42)/t26?,27?,28-,32-,34+/m1/s1. The van der Waals surface area contributed by atoms with E-state index in [2.05, 4.69) is 71.0 Å². The number of carboxylic acids is 1. The van der Waals surface area contributed by atoms with Crippen LogP contribution in [0.2, 0.25) is 0 Å². The van der Waals surface area contributed by atoms with Crippen molar-refractivity contribution in [1.82, 2.24) is 30.0 Å². The number of aryl methyl sites for hydroxylation is 2. The van der Waals surface area contributed by atoms with Crippen LogP contribution in [0.5, 0.6) is 0 Å². The number of anilines is 1. The molecular weight excluding hydrogens is 590 g/mol. The molecule has 10 heteroatoms. The first kappa shape index (κ1) is 33.6. The Balaban J connectivity index is 1.26. The molecule has 10 nitrogen and oxygen atoms in total. The Morgan fingerprint density at radius 1 is 1.02 bits per heavy atom. The summed E-state index contributed by atoms with van der Waals surface area (Å²) >= 11 is 0. The number of aliphatic hydroxyl groups excluding tert-OH is 1. The molecule has 0 unspecified atom stereocenters. The average Bonchev–Trinajstić information content (AvgIpc) is 3.59. The van der Waals surface area contributed by atoms with Gasteiger partial charge in [0, 0.05) is 55.2 Å². The fourth-order valence-corrected chi connectivity index (χ4v) is 8.00. The zero-order valence-electron chi connectivity index (χ0n) is 28.2. The number of piperidine rings is 1. The number of likely N-dealkylation sites (tertiary alicyclic amines) is 1. The highest BCUT2D eigenvalue weighted by Crippen LogP contribution is 2.37. The van der Waals surface area contributed by atoms with E-state index in [0.29, 0.717) is 24.4 Å². The lowest BCUT2D eigenvalue weighted by atomic mass is 9.78. The summed E-state index contributed by atoms with van der Waals surface area (Å²) < 4.78 is 1.98. The van der Waals surface area contributed by atoms with Crippen molar-refractivity contribution in [1.29, 1.82) is 0 Å². The van der Waals surface area contributed by atoms with Crippen LogP contribution in [0.4, 0.5) is 5.82 Å². The lowest BCUT2D eigenvalue weighted by Gasteiger charge is -2.34. The number of aromatic nitrogens is 4. The molecule has 1 saturated heterocycles. The molecule has 0 radical (unpaired) electrons. The molecule has 6 rings (SSSR count). The minimum absolute atomic E-state index is 0.00439. The molecular formula is C37H53N7O3. The number of aliphatic carboxylic acids is 1. The number of carbonyl (C=O) groups is 1. The maximum Gasteiger partial charge on any atom is 0.306 e. The minimum atomic E-state index is -0.653. The van der Waals surface area contributed by atoms with Crippen molar-refractivity contribution in [3.05, 3.63) is 70.9 Å². The number of nitrogens with zero attached hydrogens (tertiary/aromatic N) is 5. The van der Waals surface area contributed by atoms with Gasteiger partial charge in [0.05, 0.1) is 30.8 Å². The minimum Gasteiger partial charge on any atom is -0.481 e. The quantitative estimate of drug-likeness (QED) is 0.195. The maximum absolute atomic E-state index is 11.5. The van der Waals surface area contributed by atoms with Gasteiger partial charge in [-0.05, 0) is 88.5 Å². The highest BCUT2D eigenvalue weighted by atomic mass is 16.4. The van der Waals surface area contributed by atoms with Crippen LogP contribution in [0.25, 0.3) is 0 Å². The molecule has 1 aromatic carbocycles. The fraction of sp³-hybridized carbons (Fsp3) is 0.622. The lowest BCUT2D eigenvalue weighted by Crippen LogP contribution is -2.40. The maximum atomic E-state index is 11.5. The molecule has 254 valence electrons. The van der Waals surface area contributed by atoms with Crippen LogP contribution in [-0.4, -0.2) is 72.6 Å². The monoisotopic (exact) mass is 643 g/mol. The predicted octanol–water partition coefficient (Wildman–Crippen LogP) is 5.33. The molecule has 4 N–H and O–H groups in total. The number of hydrogen-bond donors (Lipinski definition) is 4. The van der Waals surface area contributed by atoms with Crippen molar-refractivity contribution >= 4 is 11.8 Å². The van der Waals surface area contributed by atoms with E-state index in [1.54, 1.807) is 0 Å². The highest BCUT2D eigenvalue weighted by Gasteiger charge is 2.31. The fourth-order valence-electron chi connectivity index (χ4n) is 8.00. The Morgan fingerprint density at radius 2 is 1.79 bits per heavy atom. The van der Waals surface area contributed by atoms with E-state index in [9.17, 15) is 15.0 Å². The Labute approximate surface area is 279 Å². The summed E-state index contributed by atoms with van der Waals surface area (Å²) in [6.45, 7) is 8.29. The average molecular weight is 644 g/mol.